The van der Waals surface area contributed by atoms with Gasteiger partial charge in [0.1, 0.15) is 5.75 Å². The normalized spacial score (nSPS) is 10.4. The van der Waals surface area contributed by atoms with Gasteiger partial charge in [-0.2, -0.15) is 0 Å². The van der Waals surface area contributed by atoms with Crippen molar-refractivity contribution >= 4 is 16.9 Å². The van der Waals surface area contributed by atoms with Crippen molar-refractivity contribution in [3.05, 3.63) is 35.0 Å². The molecule has 0 amide bonds. The number of ether oxygens (including phenoxy) is 1. The van der Waals surface area contributed by atoms with E-state index < -0.39 is 5.63 Å². The number of rotatable bonds is 3. The van der Waals surface area contributed by atoms with Crippen LogP contribution in [0.25, 0.3) is 10.9 Å². The minimum Gasteiger partial charge on any atom is -0.427 e. The van der Waals surface area contributed by atoms with Crippen LogP contribution < -0.4 is 10.4 Å². The second kappa shape index (κ2) is 4.78. The standard InChI is InChI=1S/C12H11NO4/c1-2-3-11(14)17-8-4-5-10-9(6-8)12(15)16-7-13-10/h4-7H,2-3H2,1H3. The second-order valence-electron chi connectivity index (χ2n) is 3.54. The van der Waals surface area contributed by atoms with Crippen molar-refractivity contribution in [2.45, 2.75) is 19.8 Å². The smallest absolute Gasteiger partial charge is 0.346 e. The molecule has 5 heteroatoms. The molecule has 0 spiro atoms. The highest BCUT2D eigenvalue weighted by Crippen LogP contribution is 2.17. The summed E-state index contributed by atoms with van der Waals surface area (Å²) in [6.07, 6.45) is 2.16. The van der Waals surface area contributed by atoms with E-state index >= 15 is 0 Å². The van der Waals surface area contributed by atoms with Crippen molar-refractivity contribution in [2.24, 2.45) is 0 Å². The van der Waals surface area contributed by atoms with Crippen LogP contribution in [0.3, 0.4) is 0 Å². The Bertz CT molecular complexity index is 603. The number of aromatic nitrogens is 1. The molecule has 0 saturated carbocycles. The SMILES string of the molecule is CCCC(=O)Oc1ccc2ncoc(=O)c2c1. The zero-order valence-corrected chi connectivity index (χ0v) is 9.30. The summed E-state index contributed by atoms with van der Waals surface area (Å²) < 4.78 is 9.71. The summed E-state index contributed by atoms with van der Waals surface area (Å²) in [5, 5.41) is 0.300. The molecule has 0 bridgehead atoms. The van der Waals surface area contributed by atoms with E-state index in [2.05, 4.69) is 9.40 Å². The zero-order valence-electron chi connectivity index (χ0n) is 9.30. The van der Waals surface area contributed by atoms with E-state index in [1.54, 1.807) is 12.1 Å². The van der Waals surface area contributed by atoms with Crippen LogP contribution in [0.4, 0.5) is 0 Å². The Kier molecular flexibility index (Phi) is 3.18. The maximum Gasteiger partial charge on any atom is 0.346 e. The highest BCUT2D eigenvalue weighted by atomic mass is 16.5. The average molecular weight is 233 g/mol. The predicted molar refractivity (Wildman–Crippen MR) is 60.8 cm³/mol. The summed E-state index contributed by atoms with van der Waals surface area (Å²) in [5.74, 6) is 0.0105. The number of hydrogen-bond donors (Lipinski definition) is 0. The number of benzene rings is 1. The van der Waals surface area contributed by atoms with E-state index in [1.165, 1.54) is 6.07 Å². The first kappa shape index (κ1) is 11.3. The van der Waals surface area contributed by atoms with Crippen LogP contribution >= 0.6 is 0 Å². The number of carbonyl (C=O) groups is 1. The molecule has 0 aliphatic carbocycles. The summed E-state index contributed by atoms with van der Waals surface area (Å²) >= 11 is 0. The molecule has 0 unspecified atom stereocenters. The molecule has 1 aromatic heterocycles. The van der Waals surface area contributed by atoms with Gasteiger partial charge in [0.05, 0.1) is 10.9 Å². The maximum absolute atomic E-state index is 11.4. The highest BCUT2D eigenvalue weighted by Gasteiger charge is 2.06. The Hall–Kier alpha value is -2.17. The maximum atomic E-state index is 11.4. The lowest BCUT2D eigenvalue weighted by Crippen LogP contribution is -2.07. The number of hydrogen-bond acceptors (Lipinski definition) is 5. The van der Waals surface area contributed by atoms with Crippen molar-refractivity contribution in [3.8, 4) is 5.75 Å². The van der Waals surface area contributed by atoms with Crippen LogP contribution in [-0.2, 0) is 4.79 Å². The molecule has 17 heavy (non-hydrogen) atoms. The molecule has 88 valence electrons. The van der Waals surface area contributed by atoms with Crippen LogP contribution in [0.5, 0.6) is 5.75 Å². The molecule has 0 atom stereocenters. The Morgan fingerprint density at radius 3 is 3.06 bits per heavy atom. The number of carbonyl (C=O) groups excluding carboxylic acids is 1. The van der Waals surface area contributed by atoms with Crippen LogP contribution in [-0.4, -0.2) is 11.0 Å². The largest absolute Gasteiger partial charge is 0.427 e. The molecule has 5 nitrogen and oxygen atoms in total. The monoisotopic (exact) mass is 233 g/mol. The van der Waals surface area contributed by atoms with Crippen LogP contribution in [0.1, 0.15) is 19.8 Å². The summed E-state index contributed by atoms with van der Waals surface area (Å²) in [4.78, 5) is 26.6. The number of nitrogens with zero attached hydrogens (tertiary/aromatic N) is 1. The van der Waals surface area contributed by atoms with Crippen LogP contribution in [0.15, 0.2) is 33.8 Å². The second-order valence-corrected chi connectivity index (χ2v) is 3.54. The molecule has 2 aromatic rings. The molecule has 0 N–H and O–H groups in total. The summed E-state index contributed by atoms with van der Waals surface area (Å²) in [6.45, 7) is 1.89. The van der Waals surface area contributed by atoms with Crippen LogP contribution in [0.2, 0.25) is 0 Å². The van der Waals surface area contributed by atoms with Crippen LogP contribution in [0, 0.1) is 0 Å². The molecule has 1 heterocycles. The van der Waals surface area contributed by atoms with Crippen molar-refractivity contribution in [2.75, 3.05) is 0 Å². The Balaban J connectivity index is 2.34. The number of fused-ring (bicyclic) bond motifs is 1. The molecule has 0 aliphatic heterocycles. The minimum absolute atomic E-state index is 0.300. The van der Waals surface area contributed by atoms with Gasteiger partial charge in [-0.05, 0) is 24.6 Å². The van der Waals surface area contributed by atoms with Gasteiger partial charge in [-0.25, -0.2) is 9.78 Å². The fraction of sp³-hybridized carbons (Fsp3) is 0.250. The van der Waals surface area contributed by atoms with Crippen molar-refractivity contribution < 1.29 is 13.9 Å². The molecular weight excluding hydrogens is 222 g/mol. The van der Waals surface area contributed by atoms with E-state index in [9.17, 15) is 9.59 Å². The van der Waals surface area contributed by atoms with Gasteiger partial charge >= 0.3 is 11.6 Å². The average Bonchev–Trinajstić information content (AvgIpc) is 2.30. The highest BCUT2D eigenvalue weighted by molar-refractivity contribution is 5.80. The third kappa shape index (κ3) is 2.50. The van der Waals surface area contributed by atoms with Gasteiger partial charge in [-0.15, -0.1) is 0 Å². The predicted octanol–water partition coefficient (Wildman–Crippen LogP) is 1.89. The first-order chi connectivity index (χ1) is 8.20. The third-order valence-corrected chi connectivity index (χ3v) is 2.23. The Labute approximate surface area is 97.0 Å². The van der Waals surface area contributed by atoms with E-state index in [1.807, 2.05) is 6.92 Å². The molecule has 0 aliphatic rings. The van der Waals surface area contributed by atoms with E-state index in [4.69, 9.17) is 4.74 Å². The van der Waals surface area contributed by atoms with Crippen molar-refractivity contribution in [1.29, 1.82) is 0 Å². The minimum atomic E-state index is -0.497. The summed E-state index contributed by atoms with van der Waals surface area (Å²) in [5.41, 5.74) is 0.0138. The lowest BCUT2D eigenvalue weighted by Gasteiger charge is -2.03. The third-order valence-electron chi connectivity index (χ3n) is 2.23. The lowest BCUT2D eigenvalue weighted by atomic mass is 10.2. The summed E-state index contributed by atoms with van der Waals surface area (Å²) in [7, 11) is 0. The van der Waals surface area contributed by atoms with Gasteiger partial charge in [0, 0.05) is 6.42 Å². The fourth-order valence-electron chi connectivity index (χ4n) is 1.44. The van der Waals surface area contributed by atoms with E-state index in [-0.39, 0.29) is 5.97 Å². The van der Waals surface area contributed by atoms with Gasteiger partial charge < -0.3 is 9.15 Å². The number of esters is 1. The van der Waals surface area contributed by atoms with Gasteiger partial charge in [0.25, 0.3) is 0 Å². The molecule has 0 fully saturated rings. The first-order valence-corrected chi connectivity index (χ1v) is 5.29. The van der Waals surface area contributed by atoms with E-state index in [0.717, 1.165) is 12.8 Å². The van der Waals surface area contributed by atoms with Crippen molar-refractivity contribution in [1.82, 2.24) is 4.98 Å². The molecule has 2 rings (SSSR count). The van der Waals surface area contributed by atoms with Crippen molar-refractivity contribution in [3.63, 3.8) is 0 Å². The molecule has 0 saturated heterocycles. The quantitative estimate of drug-likeness (QED) is 0.598. The van der Waals surface area contributed by atoms with E-state index in [0.29, 0.717) is 23.1 Å². The molecule has 1 aromatic carbocycles. The lowest BCUT2D eigenvalue weighted by molar-refractivity contribution is -0.134. The van der Waals surface area contributed by atoms with Gasteiger partial charge in [0.15, 0.2) is 6.39 Å². The van der Waals surface area contributed by atoms with Gasteiger partial charge in [0.2, 0.25) is 0 Å². The molecular formula is C12H11NO4. The van der Waals surface area contributed by atoms with Gasteiger partial charge in [-0.1, -0.05) is 6.92 Å². The fourth-order valence-corrected chi connectivity index (χ4v) is 1.44. The first-order valence-electron chi connectivity index (χ1n) is 5.29. The molecule has 0 radical (unpaired) electrons. The topological polar surface area (TPSA) is 69.4 Å². The Morgan fingerprint density at radius 1 is 1.47 bits per heavy atom. The zero-order chi connectivity index (χ0) is 12.3. The summed E-state index contributed by atoms with van der Waals surface area (Å²) in [6, 6.07) is 4.67. The Morgan fingerprint density at radius 2 is 2.29 bits per heavy atom. The van der Waals surface area contributed by atoms with Gasteiger partial charge in [-0.3, -0.25) is 4.79 Å².